The summed E-state index contributed by atoms with van der Waals surface area (Å²) < 4.78 is 5.15. The number of ether oxygens (including phenoxy) is 1. The van der Waals surface area contributed by atoms with Crippen molar-refractivity contribution in [2.75, 3.05) is 44.4 Å². The molecule has 0 bridgehead atoms. The Bertz CT molecular complexity index is 724. The van der Waals surface area contributed by atoms with E-state index in [9.17, 15) is 4.79 Å². The van der Waals surface area contributed by atoms with Crippen LogP contribution in [0.25, 0.3) is 11.2 Å². The van der Waals surface area contributed by atoms with Crippen molar-refractivity contribution in [1.82, 2.24) is 25.3 Å². The fraction of sp³-hybridized carbons (Fsp3) is 0.600. The maximum Gasteiger partial charge on any atom is 0.226 e. The van der Waals surface area contributed by atoms with E-state index in [0.717, 1.165) is 24.9 Å². The summed E-state index contributed by atoms with van der Waals surface area (Å²) in [5.74, 6) is 0.549. The lowest BCUT2D eigenvalue weighted by molar-refractivity contribution is -0.125. The van der Waals surface area contributed by atoms with E-state index in [0.29, 0.717) is 31.2 Å². The predicted octanol–water partition coefficient (Wildman–Crippen LogP) is 0.348. The molecule has 0 aliphatic carbocycles. The lowest BCUT2D eigenvalue weighted by Gasteiger charge is -2.33. The van der Waals surface area contributed by atoms with Gasteiger partial charge in [0.2, 0.25) is 11.2 Å². The number of fused-ring (bicyclic) bond motifs is 1. The molecule has 1 atom stereocenters. The van der Waals surface area contributed by atoms with Crippen molar-refractivity contribution in [2.45, 2.75) is 12.8 Å². The SMILES string of the molecule is O=C(NCCOCCO)C1CCCN(c2nc(Cl)nc3nc[nH]c23)C1. The number of carbonyl (C=O) groups excluding carboxylic acids is 1. The molecule has 0 radical (unpaired) electrons. The zero-order chi connectivity index (χ0) is 17.6. The smallest absolute Gasteiger partial charge is 0.226 e. The minimum absolute atomic E-state index is 0.00157. The zero-order valence-electron chi connectivity index (χ0n) is 13.7. The van der Waals surface area contributed by atoms with Crippen molar-refractivity contribution in [1.29, 1.82) is 0 Å². The van der Waals surface area contributed by atoms with Crippen molar-refractivity contribution in [3.63, 3.8) is 0 Å². The fourth-order valence-corrected chi connectivity index (χ4v) is 3.12. The number of H-pyrrole nitrogens is 1. The average Bonchev–Trinajstić information content (AvgIpc) is 3.09. The van der Waals surface area contributed by atoms with Crippen LogP contribution in [0.1, 0.15) is 12.8 Å². The Hall–Kier alpha value is -1.97. The van der Waals surface area contributed by atoms with Gasteiger partial charge in [0, 0.05) is 19.6 Å². The van der Waals surface area contributed by atoms with Crippen LogP contribution in [0.2, 0.25) is 5.28 Å². The zero-order valence-corrected chi connectivity index (χ0v) is 14.5. The van der Waals surface area contributed by atoms with E-state index in [4.69, 9.17) is 21.4 Å². The van der Waals surface area contributed by atoms with Crippen LogP contribution in [0.15, 0.2) is 6.33 Å². The van der Waals surface area contributed by atoms with E-state index in [1.165, 1.54) is 0 Å². The van der Waals surface area contributed by atoms with Gasteiger partial charge in [0.05, 0.1) is 32.1 Å². The first kappa shape index (κ1) is 17.8. The fourth-order valence-electron chi connectivity index (χ4n) is 2.96. The molecule has 1 amide bonds. The monoisotopic (exact) mass is 368 g/mol. The molecule has 10 heteroatoms. The van der Waals surface area contributed by atoms with Gasteiger partial charge >= 0.3 is 0 Å². The molecule has 9 nitrogen and oxygen atoms in total. The Balaban J connectivity index is 1.62. The van der Waals surface area contributed by atoms with Gasteiger partial charge < -0.3 is 25.0 Å². The van der Waals surface area contributed by atoms with Crippen LogP contribution in [0.5, 0.6) is 0 Å². The van der Waals surface area contributed by atoms with Crippen molar-refractivity contribution in [3.8, 4) is 0 Å². The van der Waals surface area contributed by atoms with E-state index in [1.54, 1.807) is 6.33 Å². The average molecular weight is 369 g/mol. The van der Waals surface area contributed by atoms with Crippen LogP contribution in [0.4, 0.5) is 5.82 Å². The molecule has 3 N–H and O–H groups in total. The van der Waals surface area contributed by atoms with Gasteiger partial charge in [0.25, 0.3) is 0 Å². The van der Waals surface area contributed by atoms with Crippen LogP contribution in [-0.2, 0) is 9.53 Å². The van der Waals surface area contributed by atoms with Gasteiger partial charge in [0.1, 0.15) is 5.52 Å². The largest absolute Gasteiger partial charge is 0.394 e. The van der Waals surface area contributed by atoms with E-state index >= 15 is 0 Å². The van der Waals surface area contributed by atoms with Crippen LogP contribution in [0, 0.1) is 5.92 Å². The first-order chi connectivity index (χ1) is 12.2. The molecular formula is C15H21ClN6O3. The number of imidazole rings is 1. The standard InChI is InChI=1S/C15H21ClN6O3/c16-15-20-12-11(18-9-19-12)13(21-15)22-4-1-2-10(8-22)14(24)17-3-6-25-7-5-23/h9-10,23H,1-8H2,(H,17,24)(H,18,19,20,21). The van der Waals surface area contributed by atoms with Gasteiger partial charge in [-0.1, -0.05) is 0 Å². The molecule has 1 aliphatic rings. The summed E-state index contributed by atoms with van der Waals surface area (Å²) >= 11 is 6.00. The molecule has 0 spiro atoms. The predicted molar refractivity (Wildman–Crippen MR) is 92.5 cm³/mol. The summed E-state index contributed by atoms with van der Waals surface area (Å²) in [6, 6.07) is 0. The molecule has 0 saturated carbocycles. The second-order valence-corrected chi connectivity index (χ2v) is 6.17. The topological polar surface area (TPSA) is 116 Å². The Morgan fingerprint density at radius 2 is 2.36 bits per heavy atom. The summed E-state index contributed by atoms with van der Waals surface area (Å²) in [6.45, 7) is 2.44. The normalized spacial score (nSPS) is 17.8. The van der Waals surface area contributed by atoms with Crippen LogP contribution in [0.3, 0.4) is 0 Å². The highest BCUT2D eigenvalue weighted by Gasteiger charge is 2.28. The molecule has 3 heterocycles. The highest BCUT2D eigenvalue weighted by Crippen LogP contribution is 2.27. The lowest BCUT2D eigenvalue weighted by Crippen LogP contribution is -2.44. The Kier molecular flexibility index (Phi) is 6.00. The number of aliphatic hydroxyl groups is 1. The van der Waals surface area contributed by atoms with Crippen molar-refractivity contribution >= 4 is 34.5 Å². The van der Waals surface area contributed by atoms with E-state index in [2.05, 4.69) is 25.3 Å². The Labute approximate surface area is 149 Å². The first-order valence-corrected chi connectivity index (χ1v) is 8.64. The number of piperidine rings is 1. The number of carbonyl (C=O) groups is 1. The van der Waals surface area contributed by atoms with Gasteiger partial charge in [-0.2, -0.15) is 9.97 Å². The van der Waals surface area contributed by atoms with Crippen molar-refractivity contribution in [3.05, 3.63) is 11.6 Å². The maximum atomic E-state index is 12.4. The van der Waals surface area contributed by atoms with E-state index in [-0.39, 0.29) is 30.3 Å². The third-order valence-electron chi connectivity index (χ3n) is 4.11. The Morgan fingerprint density at radius 3 is 3.20 bits per heavy atom. The number of amides is 1. The van der Waals surface area contributed by atoms with E-state index in [1.807, 2.05) is 4.90 Å². The summed E-state index contributed by atoms with van der Waals surface area (Å²) in [5.41, 5.74) is 1.24. The summed E-state index contributed by atoms with van der Waals surface area (Å²) in [4.78, 5) is 30.0. The molecule has 1 unspecified atom stereocenters. The minimum atomic E-state index is -0.127. The molecule has 3 rings (SSSR count). The van der Waals surface area contributed by atoms with Gasteiger partial charge in [-0.05, 0) is 24.4 Å². The third-order valence-corrected chi connectivity index (χ3v) is 4.28. The molecule has 0 aromatic carbocycles. The third kappa shape index (κ3) is 4.36. The number of aromatic amines is 1. The molecule has 2 aromatic rings. The molecule has 25 heavy (non-hydrogen) atoms. The summed E-state index contributed by atoms with van der Waals surface area (Å²) in [6.07, 6.45) is 3.26. The maximum absolute atomic E-state index is 12.4. The number of nitrogens with one attached hydrogen (secondary N) is 2. The van der Waals surface area contributed by atoms with Crippen LogP contribution in [-0.4, -0.2) is 70.4 Å². The van der Waals surface area contributed by atoms with Crippen molar-refractivity contribution < 1.29 is 14.6 Å². The second-order valence-electron chi connectivity index (χ2n) is 5.83. The second kappa shape index (κ2) is 8.41. The van der Waals surface area contributed by atoms with Crippen LogP contribution < -0.4 is 10.2 Å². The summed E-state index contributed by atoms with van der Waals surface area (Å²) in [7, 11) is 0. The van der Waals surface area contributed by atoms with Gasteiger partial charge in [-0.3, -0.25) is 4.79 Å². The van der Waals surface area contributed by atoms with Gasteiger partial charge in [-0.15, -0.1) is 0 Å². The Morgan fingerprint density at radius 1 is 1.48 bits per heavy atom. The molecule has 136 valence electrons. The number of halogens is 1. The molecule has 1 aliphatic heterocycles. The number of anilines is 1. The number of hydrogen-bond acceptors (Lipinski definition) is 7. The molecule has 1 fully saturated rings. The quantitative estimate of drug-likeness (QED) is 0.477. The number of aliphatic hydroxyl groups excluding tert-OH is 1. The highest BCUT2D eigenvalue weighted by molar-refractivity contribution is 6.28. The number of nitrogens with zero attached hydrogens (tertiary/aromatic N) is 4. The van der Waals surface area contributed by atoms with Gasteiger partial charge in [0.15, 0.2) is 11.5 Å². The minimum Gasteiger partial charge on any atom is -0.394 e. The molecular weight excluding hydrogens is 348 g/mol. The molecule has 1 saturated heterocycles. The highest BCUT2D eigenvalue weighted by atomic mass is 35.5. The summed E-state index contributed by atoms with van der Waals surface area (Å²) in [5, 5.41) is 11.7. The van der Waals surface area contributed by atoms with Gasteiger partial charge in [-0.25, -0.2) is 4.98 Å². The van der Waals surface area contributed by atoms with Crippen LogP contribution >= 0.6 is 11.6 Å². The number of rotatable bonds is 7. The van der Waals surface area contributed by atoms with Crippen molar-refractivity contribution in [2.24, 2.45) is 5.92 Å². The van der Waals surface area contributed by atoms with E-state index < -0.39 is 0 Å². The number of hydrogen-bond donors (Lipinski definition) is 3. The molecule has 2 aromatic heterocycles. The first-order valence-electron chi connectivity index (χ1n) is 8.27. The lowest BCUT2D eigenvalue weighted by atomic mass is 9.97. The number of aromatic nitrogens is 4.